The molecule has 130 valence electrons. The molecule has 7 nitrogen and oxygen atoms in total. The van der Waals surface area contributed by atoms with E-state index in [0.717, 1.165) is 13.8 Å². The number of carbonyl (C=O) groups is 4. The number of esters is 1. The van der Waals surface area contributed by atoms with Crippen molar-refractivity contribution in [1.29, 1.82) is 0 Å². The summed E-state index contributed by atoms with van der Waals surface area (Å²) in [5.74, 6) is -3.33. The van der Waals surface area contributed by atoms with Crippen LogP contribution in [-0.2, 0) is 19.1 Å². The zero-order chi connectivity index (χ0) is 18.5. The number of Topliss-reactive ketones (excluding diaryl/α,β-unsaturated/α-hetero) is 3. The highest BCUT2D eigenvalue weighted by Gasteiger charge is 2.56. The lowest BCUT2D eigenvalue weighted by Crippen LogP contribution is -2.51. The van der Waals surface area contributed by atoms with Gasteiger partial charge in [0, 0.05) is 5.56 Å². The Morgan fingerprint density at radius 3 is 1.92 bits per heavy atom. The number of ether oxygens (including phenoxy) is 3. The van der Waals surface area contributed by atoms with Crippen LogP contribution >= 0.6 is 0 Å². The van der Waals surface area contributed by atoms with E-state index in [4.69, 9.17) is 14.2 Å². The van der Waals surface area contributed by atoms with E-state index in [1.807, 2.05) is 0 Å². The molecule has 1 aromatic rings. The highest BCUT2D eigenvalue weighted by Crippen LogP contribution is 2.33. The van der Waals surface area contributed by atoms with E-state index in [1.165, 1.54) is 39.3 Å². The van der Waals surface area contributed by atoms with Crippen LogP contribution in [0.5, 0.6) is 11.5 Å². The van der Waals surface area contributed by atoms with Gasteiger partial charge in [-0.05, 0) is 39.0 Å². The lowest BCUT2D eigenvalue weighted by Gasteiger charge is -2.25. The molecular formula is C17H20O7. The summed E-state index contributed by atoms with van der Waals surface area (Å²) >= 11 is 0. The van der Waals surface area contributed by atoms with Crippen molar-refractivity contribution < 1.29 is 33.4 Å². The topological polar surface area (TPSA) is 96.0 Å². The Hall–Kier alpha value is -2.70. The zero-order valence-corrected chi connectivity index (χ0v) is 14.3. The second kappa shape index (κ2) is 7.72. The Kier molecular flexibility index (Phi) is 6.22. The normalized spacial score (nSPS) is 10.7. The van der Waals surface area contributed by atoms with Gasteiger partial charge in [0.25, 0.3) is 0 Å². The van der Waals surface area contributed by atoms with Gasteiger partial charge < -0.3 is 14.2 Å². The van der Waals surface area contributed by atoms with Crippen molar-refractivity contribution >= 4 is 23.3 Å². The fraction of sp³-hybridized carbons (Fsp3) is 0.412. The Bertz CT molecular complexity index is 662. The third-order valence-electron chi connectivity index (χ3n) is 3.62. The van der Waals surface area contributed by atoms with Gasteiger partial charge in [-0.25, -0.2) is 4.79 Å². The predicted molar refractivity (Wildman–Crippen MR) is 84.3 cm³/mol. The first-order chi connectivity index (χ1) is 11.3. The summed E-state index contributed by atoms with van der Waals surface area (Å²) < 4.78 is 15.0. The summed E-state index contributed by atoms with van der Waals surface area (Å²) in [6.07, 6.45) is 0. The molecule has 0 atom stereocenters. The average molecular weight is 336 g/mol. The molecule has 0 saturated carbocycles. The fourth-order valence-corrected chi connectivity index (χ4v) is 2.38. The minimum atomic E-state index is -2.52. The molecule has 0 heterocycles. The van der Waals surface area contributed by atoms with Crippen LogP contribution in [0.2, 0.25) is 0 Å². The fourth-order valence-electron chi connectivity index (χ4n) is 2.38. The molecule has 0 aliphatic heterocycles. The van der Waals surface area contributed by atoms with Gasteiger partial charge in [-0.2, -0.15) is 0 Å². The summed E-state index contributed by atoms with van der Waals surface area (Å²) in [7, 11) is 2.80. The van der Waals surface area contributed by atoms with Crippen LogP contribution in [0, 0.1) is 5.41 Å². The molecular weight excluding hydrogens is 316 g/mol. The standard InChI is InChI=1S/C17H20O7/c1-6-24-16(21)17(10(2)18,11(3)19)15(20)12-7-8-13(22-4)14(9-12)23-5/h7-9H,6H2,1-5H3. The van der Waals surface area contributed by atoms with Gasteiger partial charge in [-0.3, -0.25) is 14.4 Å². The first-order valence-corrected chi connectivity index (χ1v) is 7.23. The molecule has 0 aliphatic rings. The van der Waals surface area contributed by atoms with Crippen LogP contribution in [0.25, 0.3) is 0 Å². The van der Waals surface area contributed by atoms with Gasteiger partial charge in [0.15, 0.2) is 28.8 Å². The maximum Gasteiger partial charge on any atom is 0.335 e. The highest BCUT2D eigenvalue weighted by molar-refractivity contribution is 6.39. The van der Waals surface area contributed by atoms with E-state index in [-0.39, 0.29) is 17.9 Å². The Morgan fingerprint density at radius 2 is 1.50 bits per heavy atom. The molecule has 0 radical (unpaired) electrons. The van der Waals surface area contributed by atoms with Crippen molar-refractivity contribution in [1.82, 2.24) is 0 Å². The Morgan fingerprint density at radius 1 is 0.958 bits per heavy atom. The lowest BCUT2D eigenvalue weighted by molar-refractivity contribution is -0.159. The molecule has 0 spiro atoms. The van der Waals surface area contributed by atoms with Gasteiger partial charge in [-0.1, -0.05) is 0 Å². The minimum Gasteiger partial charge on any atom is -0.493 e. The van der Waals surface area contributed by atoms with Crippen molar-refractivity contribution in [3.8, 4) is 11.5 Å². The van der Waals surface area contributed by atoms with E-state index < -0.39 is 28.7 Å². The minimum absolute atomic E-state index is 0.0360. The van der Waals surface area contributed by atoms with E-state index in [1.54, 1.807) is 0 Å². The van der Waals surface area contributed by atoms with Crippen LogP contribution < -0.4 is 9.47 Å². The third kappa shape index (κ3) is 3.15. The van der Waals surface area contributed by atoms with Crippen LogP contribution in [-0.4, -0.2) is 44.1 Å². The molecule has 1 rings (SSSR count). The van der Waals surface area contributed by atoms with Crippen LogP contribution in [0.1, 0.15) is 31.1 Å². The Labute approximate surface area is 139 Å². The summed E-state index contributed by atoms with van der Waals surface area (Å²) in [5.41, 5.74) is -2.55. The van der Waals surface area contributed by atoms with Gasteiger partial charge in [-0.15, -0.1) is 0 Å². The second-order valence-electron chi connectivity index (χ2n) is 4.98. The zero-order valence-electron chi connectivity index (χ0n) is 14.3. The Balaban J connectivity index is 3.54. The predicted octanol–water partition coefficient (Wildman–Crippen LogP) is 1.61. The number of methoxy groups -OCH3 is 2. The molecule has 0 aromatic heterocycles. The number of hydrogen-bond acceptors (Lipinski definition) is 7. The van der Waals surface area contributed by atoms with Gasteiger partial charge >= 0.3 is 5.97 Å². The maximum atomic E-state index is 12.9. The summed E-state index contributed by atoms with van der Waals surface area (Å²) in [5, 5.41) is 0. The molecule has 0 aliphatic carbocycles. The van der Waals surface area contributed by atoms with Crippen molar-refractivity contribution in [3.63, 3.8) is 0 Å². The van der Waals surface area contributed by atoms with Crippen LogP contribution in [0.3, 0.4) is 0 Å². The largest absolute Gasteiger partial charge is 0.493 e. The molecule has 0 saturated heterocycles. The summed E-state index contributed by atoms with van der Waals surface area (Å²) in [6.45, 7) is 3.47. The third-order valence-corrected chi connectivity index (χ3v) is 3.62. The molecule has 0 amide bonds. The molecule has 24 heavy (non-hydrogen) atoms. The van der Waals surface area contributed by atoms with Crippen molar-refractivity contribution in [2.75, 3.05) is 20.8 Å². The van der Waals surface area contributed by atoms with Crippen LogP contribution in [0.15, 0.2) is 18.2 Å². The average Bonchev–Trinajstić information content (AvgIpc) is 2.54. The van der Waals surface area contributed by atoms with Crippen LogP contribution in [0.4, 0.5) is 0 Å². The van der Waals surface area contributed by atoms with Gasteiger partial charge in [0.1, 0.15) is 0 Å². The first kappa shape index (κ1) is 19.3. The van der Waals surface area contributed by atoms with Crippen molar-refractivity contribution in [3.05, 3.63) is 23.8 Å². The highest BCUT2D eigenvalue weighted by atomic mass is 16.5. The SMILES string of the molecule is CCOC(=O)C(C(C)=O)(C(C)=O)C(=O)c1ccc(OC)c(OC)c1. The number of benzene rings is 1. The molecule has 0 N–H and O–H groups in total. The lowest BCUT2D eigenvalue weighted by atomic mass is 9.74. The second-order valence-corrected chi connectivity index (χ2v) is 4.98. The van der Waals surface area contributed by atoms with E-state index in [9.17, 15) is 19.2 Å². The monoisotopic (exact) mass is 336 g/mol. The smallest absolute Gasteiger partial charge is 0.335 e. The van der Waals surface area contributed by atoms with Crippen molar-refractivity contribution in [2.45, 2.75) is 20.8 Å². The maximum absolute atomic E-state index is 12.9. The first-order valence-electron chi connectivity index (χ1n) is 7.23. The number of rotatable bonds is 8. The summed E-state index contributed by atoms with van der Waals surface area (Å²) in [6, 6.07) is 4.10. The van der Waals surface area contributed by atoms with E-state index in [2.05, 4.69) is 0 Å². The molecule has 1 aromatic carbocycles. The van der Waals surface area contributed by atoms with Gasteiger partial charge in [0.05, 0.1) is 20.8 Å². The molecule has 0 unspecified atom stereocenters. The van der Waals surface area contributed by atoms with Crippen molar-refractivity contribution in [2.24, 2.45) is 5.41 Å². The number of carbonyl (C=O) groups excluding carboxylic acids is 4. The number of hydrogen-bond donors (Lipinski definition) is 0. The van der Waals surface area contributed by atoms with E-state index in [0.29, 0.717) is 5.75 Å². The molecule has 7 heteroatoms. The number of ketones is 3. The quantitative estimate of drug-likeness (QED) is 0.404. The van der Waals surface area contributed by atoms with Gasteiger partial charge in [0.2, 0.25) is 5.41 Å². The van der Waals surface area contributed by atoms with E-state index >= 15 is 0 Å². The molecule has 0 fully saturated rings. The molecule has 0 bridgehead atoms. The summed E-state index contributed by atoms with van der Waals surface area (Å²) in [4.78, 5) is 49.4.